The van der Waals surface area contributed by atoms with Crippen LogP contribution in [-0.2, 0) is 11.3 Å². The minimum atomic E-state index is 0.650. The monoisotopic (exact) mass is 310 g/mol. The van der Waals surface area contributed by atoms with Crippen molar-refractivity contribution in [1.82, 2.24) is 14.8 Å². The van der Waals surface area contributed by atoms with Gasteiger partial charge in [0.15, 0.2) is 0 Å². The molecule has 0 spiro atoms. The molecule has 2 rings (SSSR count). The fourth-order valence-corrected chi connectivity index (χ4v) is 1.71. The first-order valence-electron chi connectivity index (χ1n) is 5.59. The van der Waals surface area contributed by atoms with E-state index in [9.17, 15) is 0 Å². The molecule has 2 heterocycles. The first-order valence-corrected chi connectivity index (χ1v) is 6.39. The molecule has 0 amide bonds. The van der Waals surface area contributed by atoms with Crippen LogP contribution in [0.2, 0.25) is 0 Å². The molecule has 2 aromatic heterocycles. The summed E-state index contributed by atoms with van der Waals surface area (Å²) < 4.78 is 7.84. The lowest BCUT2D eigenvalue weighted by Gasteiger charge is -2.04. The summed E-state index contributed by atoms with van der Waals surface area (Å²) in [6.07, 6.45) is 5.49. The number of ether oxygens (including phenoxy) is 1. The number of aromatic nitrogens is 3. The second kappa shape index (κ2) is 5.97. The van der Waals surface area contributed by atoms with Crippen LogP contribution in [0.5, 0.6) is 0 Å². The van der Waals surface area contributed by atoms with Gasteiger partial charge in [-0.2, -0.15) is 5.10 Å². The fourth-order valence-electron chi connectivity index (χ4n) is 1.49. The van der Waals surface area contributed by atoms with E-state index in [0.717, 1.165) is 28.1 Å². The summed E-state index contributed by atoms with van der Waals surface area (Å²) in [7, 11) is 1.68. The molecule has 0 saturated heterocycles. The number of rotatable bonds is 5. The predicted molar refractivity (Wildman–Crippen MR) is 74.1 cm³/mol. The molecular formula is C12H15BrN4O. The molecule has 0 aromatic carbocycles. The van der Waals surface area contributed by atoms with Crippen LogP contribution in [-0.4, -0.2) is 28.5 Å². The molecule has 0 aliphatic carbocycles. The summed E-state index contributed by atoms with van der Waals surface area (Å²) in [5, 5.41) is 7.44. The van der Waals surface area contributed by atoms with Crippen molar-refractivity contribution in [3.63, 3.8) is 0 Å². The maximum atomic E-state index is 5.00. The van der Waals surface area contributed by atoms with Gasteiger partial charge in [0.2, 0.25) is 0 Å². The Morgan fingerprint density at radius 1 is 1.44 bits per heavy atom. The van der Waals surface area contributed by atoms with Crippen LogP contribution in [0.1, 0.15) is 5.56 Å². The maximum Gasteiger partial charge on any atom is 0.130 e. The summed E-state index contributed by atoms with van der Waals surface area (Å²) in [6.45, 7) is 3.42. The Morgan fingerprint density at radius 2 is 2.28 bits per heavy atom. The molecule has 0 aliphatic rings. The highest BCUT2D eigenvalue weighted by Gasteiger charge is 2.02. The zero-order valence-corrected chi connectivity index (χ0v) is 11.9. The quantitative estimate of drug-likeness (QED) is 0.922. The summed E-state index contributed by atoms with van der Waals surface area (Å²) in [4.78, 5) is 4.29. The maximum absolute atomic E-state index is 5.00. The topological polar surface area (TPSA) is 52.0 Å². The van der Waals surface area contributed by atoms with E-state index in [1.54, 1.807) is 19.5 Å². The summed E-state index contributed by atoms with van der Waals surface area (Å²) in [6, 6.07) is 1.98. The van der Waals surface area contributed by atoms with Crippen LogP contribution in [0.4, 0.5) is 11.5 Å². The third-order valence-electron chi connectivity index (χ3n) is 2.48. The Morgan fingerprint density at radius 3 is 3.00 bits per heavy atom. The van der Waals surface area contributed by atoms with Gasteiger partial charge >= 0.3 is 0 Å². The van der Waals surface area contributed by atoms with Crippen molar-refractivity contribution in [2.75, 3.05) is 19.0 Å². The minimum absolute atomic E-state index is 0.650. The molecule has 2 aromatic rings. The number of hydrogen-bond donors (Lipinski definition) is 1. The molecule has 0 saturated carbocycles. The Kier molecular flexibility index (Phi) is 4.33. The molecular weight excluding hydrogens is 296 g/mol. The van der Waals surface area contributed by atoms with E-state index in [1.165, 1.54) is 0 Å². The van der Waals surface area contributed by atoms with Crippen LogP contribution in [0, 0.1) is 6.92 Å². The third kappa shape index (κ3) is 3.30. The van der Waals surface area contributed by atoms with E-state index in [1.807, 2.05) is 23.9 Å². The molecule has 96 valence electrons. The van der Waals surface area contributed by atoms with E-state index < -0.39 is 0 Å². The highest BCUT2D eigenvalue weighted by Crippen LogP contribution is 2.20. The number of aryl methyl sites for hydroxylation is 1. The molecule has 0 radical (unpaired) electrons. The Bertz CT molecular complexity index is 527. The van der Waals surface area contributed by atoms with Gasteiger partial charge in [0.25, 0.3) is 0 Å². The van der Waals surface area contributed by atoms with Crippen molar-refractivity contribution in [1.29, 1.82) is 0 Å². The second-order valence-corrected chi connectivity index (χ2v) is 4.78. The second-order valence-electron chi connectivity index (χ2n) is 3.93. The molecule has 0 fully saturated rings. The van der Waals surface area contributed by atoms with Crippen LogP contribution in [0.3, 0.4) is 0 Å². The van der Waals surface area contributed by atoms with Crippen molar-refractivity contribution >= 4 is 27.4 Å². The summed E-state index contributed by atoms with van der Waals surface area (Å²) in [5.41, 5.74) is 2.06. The van der Waals surface area contributed by atoms with E-state index in [4.69, 9.17) is 4.74 Å². The van der Waals surface area contributed by atoms with Crippen molar-refractivity contribution in [3.8, 4) is 0 Å². The fraction of sp³-hybridized carbons (Fsp3) is 0.333. The van der Waals surface area contributed by atoms with Crippen LogP contribution in [0.15, 0.2) is 29.1 Å². The third-order valence-corrected chi connectivity index (χ3v) is 3.31. The van der Waals surface area contributed by atoms with E-state index in [-0.39, 0.29) is 0 Å². The van der Waals surface area contributed by atoms with Crippen LogP contribution >= 0.6 is 15.9 Å². The normalized spacial score (nSPS) is 10.6. The van der Waals surface area contributed by atoms with Gasteiger partial charge in [-0.25, -0.2) is 4.98 Å². The van der Waals surface area contributed by atoms with Gasteiger partial charge in [-0.3, -0.25) is 4.68 Å². The Balaban J connectivity index is 2.04. The number of halogens is 1. The van der Waals surface area contributed by atoms with Crippen LogP contribution < -0.4 is 5.32 Å². The highest BCUT2D eigenvalue weighted by atomic mass is 79.9. The molecule has 0 bridgehead atoms. The number of hydrogen-bond acceptors (Lipinski definition) is 4. The van der Waals surface area contributed by atoms with Crippen molar-refractivity contribution in [2.45, 2.75) is 13.5 Å². The number of methoxy groups -OCH3 is 1. The van der Waals surface area contributed by atoms with Gasteiger partial charge in [0.1, 0.15) is 5.82 Å². The average Bonchev–Trinajstić information content (AvgIpc) is 2.79. The largest absolute Gasteiger partial charge is 0.383 e. The van der Waals surface area contributed by atoms with E-state index in [2.05, 4.69) is 31.3 Å². The number of anilines is 2. The lowest BCUT2D eigenvalue weighted by molar-refractivity contribution is 0.183. The highest BCUT2D eigenvalue weighted by molar-refractivity contribution is 9.10. The van der Waals surface area contributed by atoms with Gasteiger partial charge in [0.05, 0.1) is 25.0 Å². The number of pyridine rings is 1. The van der Waals surface area contributed by atoms with Crippen molar-refractivity contribution < 1.29 is 4.74 Å². The van der Waals surface area contributed by atoms with Crippen molar-refractivity contribution in [3.05, 3.63) is 34.7 Å². The zero-order chi connectivity index (χ0) is 13.0. The van der Waals surface area contributed by atoms with Gasteiger partial charge in [-0.15, -0.1) is 0 Å². The lowest BCUT2D eigenvalue weighted by Crippen LogP contribution is -2.03. The van der Waals surface area contributed by atoms with Gasteiger partial charge in [-0.05, 0) is 34.5 Å². The standard InChI is InChI=1S/C12H15BrN4O/c1-9-5-12(14-7-11(9)13)16-10-6-15-17(8-10)3-4-18-2/h5-8H,3-4H2,1-2H3,(H,14,16). The molecule has 1 N–H and O–H groups in total. The Labute approximate surface area is 114 Å². The molecule has 0 aliphatic heterocycles. The molecule has 18 heavy (non-hydrogen) atoms. The molecule has 0 unspecified atom stereocenters. The van der Waals surface area contributed by atoms with Crippen LogP contribution in [0.25, 0.3) is 0 Å². The van der Waals surface area contributed by atoms with Gasteiger partial charge in [-0.1, -0.05) is 0 Å². The lowest BCUT2D eigenvalue weighted by atomic mass is 10.3. The SMILES string of the molecule is COCCn1cc(Nc2cc(C)c(Br)cn2)cn1. The van der Waals surface area contributed by atoms with E-state index >= 15 is 0 Å². The van der Waals surface area contributed by atoms with Crippen molar-refractivity contribution in [2.24, 2.45) is 0 Å². The first kappa shape index (κ1) is 13.0. The number of nitrogens with one attached hydrogen (secondary N) is 1. The first-order chi connectivity index (χ1) is 8.69. The summed E-state index contributed by atoms with van der Waals surface area (Å²) >= 11 is 3.43. The smallest absolute Gasteiger partial charge is 0.130 e. The van der Waals surface area contributed by atoms with E-state index in [0.29, 0.717) is 6.61 Å². The minimum Gasteiger partial charge on any atom is -0.383 e. The summed E-state index contributed by atoms with van der Waals surface area (Å²) in [5.74, 6) is 0.807. The zero-order valence-electron chi connectivity index (χ0n) is 10.4. The predicted octanol–water partition coefficient (Wildman–Crippen LogP) is 2.74. The Hall–Kier alpha value is -1.40. The molecule has 6 heteroatoms. The van der Waals surface area contributed by atoms with Gasteiger partial charge in [0, 0.05) is 24.0 Å². The number of nitrogens with zero attached hydrogens (tertiary/aromatic N) is 3. The van der Waals surface area contributed by atoms with Gasteiger partial charge < -0.3 is 10.1 Å². The average molecular weight is 311 g/mol. The molecule has 0 atom stereocenters. The molecule has 5 nitrogen and oxygen atoms in total.